The number of aromatic amines is 1. The van der Waals surface area contributed by atoms with Gasteiger partial charge in [-0.3, -0.25) is 5.32 Å². The molecule has 1 aromatic carbocycles. The first-order chi connectivity index (χ1) is 10.7. The second kappa shape index (κ2) is 6.68. The standard InChI is InChI=1S/C16H21FN4O2/c1-10-14(20-9-19-10)8-18-13-7-11(5-6-12(13)17)21-15(22)23-16(2,3)4/h5-7,9,18H,8H2,1-4H3,(H,19,20)(H,21,22). The van der Waals surface area contributed by atoms with E-state index in [9.17, 15) is 9.18 Å². The highest BCUT2D eigenvalue weighted by atomic mass is 19.1. The summed E-state index contributed by atoms with van der Waals surface area (Å²) in [5.41, 5.74) is 1.85. The zero-order valence-electron chi connectivity index (χ0n) is 13.7. The fraction of sp³-hybridized carbons (Fsp3) is 0.375. The lowest BCUT2D eigenvalue weighted by atomic mass is 10.2. The lowest BCUT2D eigenvalue weighted by Gasteiger charge is -2.20. The molecule has 3 N–H and O–H groups in total. The number of benzene rings is 1. The van der Waals surface area contributed by atoms with Crippen LogP contribution < -0.4 is 10.6 Å². The predicted octanol–water partition coefficient (Wildman–Crippen LogP) is 3.82. The van der Waals surface area contributed by atoms with Gasteiger partial charge in [0, 0.05) is 11.4 Å². The number of amides is 1. The summed E-state index contributed by atoms with van der Waals surface area (Å²) in [4.78, 5) is 18.9. The number of hydrogen-bond donors (Lipinski definition) is 3. The van der Waals surface area contributed by atoms with E-state index < -0.39 is 17.5 Å². The normalized spacial score (nSPS) is 11.2. The molecule has 0 spiro atoms. The molecule has 0 aliphatic rings. The molecule has 7 heteroatoms. The molecule has 1 aromatic heterocycles. The Bertz CT molecular complexity index is 692. The van der Waals surface area contributed by atoms with Crippen LogP contribution in [0, 0.1) is 12.7 Å². The molecular formula is C16H21FN4O2. The number of nitrogens with one attached hydrogen (secondary N) is 3. The van der Waals surface area contributed by atoms with Crippen LogP contribution in [-0.2, 0) is 11.3 Å². The van der Waals surface area contributed by atoms with E-state index in [-0.39, 0.29) is 5.69 Å². The zero-order valence-corrected chi connectivity index (χ0v) is 13.7. The summed E-state index contributed by atoms with van der Waals surface area (Å²) in [6.45, 7) is 7.59. The van der Waals surface area contributed by atoms with Crippen LogP contribution >= 0.6 is 0 Å². The first-order valence-corrected chi connectivity index (χ1v) is 7.27. The molecule has 0 saturated heterocycles. The Morgan fingerprint density at radius 1 is 1.39 bits per heavy atom. The van der Waals surface area contributed by atoms with Crippen LogP contribution in [0.3, 0.4) is 0 Å². The first-order valence-electron chi connectivity index (χ1n) is 7.27. The van der Waals surface area contributed by atoms with E-state index in [0.29, 0.717) is 12.2 Å². The number of halogens is 1. The van der Waals surface area contributed by atoms with Gasteiger partial charge in [-0.05, 0) is 45.9 Å². The van der Waals surface area contributed by atoms with Crippen molar-refractivity contribution in [3.05, 3.63) is 41.7 Å². The molecule has 23 heavy (non-hydrogen) atoms. The van der Waals surface area contributed by atoms with Gasteiger partial charge >= 0.3 is 6.09 Å². The summed E-state index contributed by atoms with van der Waals surface area (Å²) >= 11 is 0. The smallest absolute Gasteiger partial charge is 0.412 e. The Morgan fingerprint density at radius 3 is 2.74 bits per heavy atom. The topological polar surface area (TPSA) is 79.0 Å². The molecule has 2 rings (SSSR count). The Kier molecular flexibility index (Phi) is 4.88. The maximum absolute atomic E-state index is 13.9. The van der Waals surface area contributed by atoms with Gasteiger partial charge in [0.15, 0.2) is 0 Å². The predicted molar refractivity (Wildman–Crippen MR) is 86.9 cm³/mol. The maximum atomic E-state index is 13.9. The van der Waals surface area contributed by atoms with E-state index in [1.54, 1.807) is 27.1 Å². The van der Waals surface area contributed by atoms with E-state index >= 15 is 0 Å². The lowest BCUT2D eigenvalue weighted by molar-refractivity contribution is 0.0636. The van der Waals surface area contributed by atoms with Crippen LogP contribution in [0.1, 0.15) is 32.2 Å². The first kappa shape index (κ1) is 16.8. The number of hydrogen-bond acceptors (Lipinski definition) is 4. The molecule has 0 unspecified atom stereocenters. The van der Waals surface area contributed by atoms with Gasteiger partial charge in [0.1, 0.15) is 11.4 Å². The summed E-state index contributed by atoms with van der Waals surface area (Å²) in [5.74, 6) is -0.409. The van der Waals surface area contributed by atoms with Crippen molar-refractivity contribution in [3.8, 4) is 0 Å². The molecule has 0 aliphatic heterocycles. The molecule has 0 aliphatic carbocycles. The van der Waals surface area contributed by atoms with Crippen molar-refractivity contribution in [2.45, 2.75) is 39.8 Å². The quantitative estimate of drug-likeness (QED) is 0.800. The van der Waals surface area contributed by atoms with Crippen LogP contribution in [0.25, 0.3) is 0 Å². The summed E-state index contributed by atoms with van der Waals surface area (Å²) in [6, 6.07) is 4.28. The average Bonchev–Trinajstić information content (AvgIpc) is 2.83. The minimum atomic E-state index is -0.595. The van der Waals surface area contributed by atoms with E-state index in [1.165, 1.54) is 18.2 Å². The maximum Gasteiger partial charge on any atom is 0.412 e. The molecule has 1 heterocycles. The highest BCUT2D eigenvalue weighted by Gasteiger charge is 2.16. The summed E-state index contributed by atoms with van der Waals surface area (Å²) in [7, 11) is 0. The summed E-state index contributed by atoms with van der Waals surface area (Å²) < 4.78 is 19.0. The van der Waals surface area contributed by atoms with Gasteiger partial charge in [-0.25, -0.2) is 14.2 Å². The highest BCUT2D eigenvalue weighted by molar-refractivity contribution is 5.85. The van der Waals surface area contributed by atoms with Crippen LogP contribution in [0.15, 0.2) is 24.5 Å². The molecule has 0 fully saturated rings. The Labute approximate surface area is 134 Å². The molecule has 2 aromatic rings. The second-order valence-corrected chi connectivity index (χ2v) is 6.15. The molecule has 0 saturated carbocycles. The van der Waals surface area contributed by atoms with Crippen LogP contribution in [0.2, 0.25) is 0 Å². The third kappa shape index (κ3) is 4.98. The van der Waals surface area contributed by atoms with Crippen molar-refractivity contribution < 1.29 is 13.9 Å². The van der Waals surface area contributed by atoms with Crippen LogP contribution in [0.5, 0.6) is 0 Å². The lowest BCUT2D eigenvalue weighted by Crippen LogP contribution is -2.27. The van der Waals surface area contributed by atoms with Gasteiger partial charge in [0.05, 0.1) is 24.3 Å². The Balaban J connectivity index is 2.04. The van der Waals surface area contributed by atoms with Crippen LogP contribution in [0.4, 0.5) is 20.6 Å². The molecule has 0 bridgehead atoms. The number of H-pyrrole nitrogens is 1. The fourth-order valence-corrected chi connectivity index (χ4v) is 1.90. The molecule has 0 atom stereocenters. The number of aryl methyl sites for hydroxylation is 1. The summed E-state index contributed by atoms with van der Waals surface area (Å²) in [6.07, 6.45) is 1.00. The number of nitrogens with zero attached hydrogens (tertiary/aromatic N) is 1. The van der Waals surface area contributed by atoms with Crippen molar-refractivity contribution >= 4 is 17.5 Å². The van der Waals surface area contributed by atoms with Gasteiger partial charge in [-0.15, -0.1) is 0 Å². The molecule has 0 radical (unpaired) electrons. The Hall–Kier alpha value is -2.57. The number of ether oxygens (including phenoxy) is 1. The average molecular weight is 320 g/mol. The van der Waals surface area contributed by atoms with Crippen molar-refractivity contribution in [3.63, 3.8) is 0 Å². The number of aromatic nitrogens is 2. The third-order valence-electron chi connectivity index (χ3n) is 2.99. The largest absolute Gasteiger partial charge is 0.444 e. The monoisotopic (exact) mass is 320 g/mol. The molecule has 6 nitrogen and oxygen atoms in total. The SMILES string of the molecule is Cc1[nH]cnc1CNc1cc(NC(=O)OC(C)(C)C)ccc1F. The van der Waals surface area contributed by atoms with E-state index in [1.807, 2.05) is 6.92 Å². The zero-order chi connectivity index (χ0) is 17.0. The van der Waals surface area contributed by atoms with Gasteiger partial charge < -0.3 is 15.0 Å². The van der Waals surface area contributed by atoms with E-state index in [2.05, 4.69) is 20.6 Å². The number of anilines is 2. The summed E-state index contributed by atoms with van der Waals surface area (Å²) in [5, 5.41) is 5.55. The minimum absolute atomic E-state index is 0.279. The van der Waals surface area contributed by atoms with Crippen molar-refractivity contribution in [1.29, 1.82) is 0 Å². The third-order valence-corrected chi connectivity index (χ3v) is 2.99. The number of carbonyl (C=O) groups excluding carboxylic acids is 1. The van der Waals surface area contributed by atoms with Crippen molar-refractivity contribution in [1.82, 2.24) is 9.97 Å². The highest BCUT2D eigenvalue weighted by Crippen LogP contribution is 2.21. The molecule has 1 amide bonds. The van der Waals surface area contributed by atoms with Crippen molar-refractivity contribution in [2.24, 2.45) is 0 Å². The number of rotatable bonds is 4. The van der Waals surface area contributed by atoms with Crippen molar-refractivity contribution in [2.75, 3.05) is 10.6 Å². The van der Waals surface area contributed by atoms with Gasteiger partial charge in [0.2, 0.25) is 0 Å². The van der Waals surface area contributed by atoms with Gasteiger partial charge in [-0.2, -0.15) is 0 Å². The number of imidazole rings is 1. The second-order valence-electron chi connectivity index (χ2n) is 6.15. The van der Waals surface area contributed by atoms with E-state index in [4.69, 9.17) is 4.74 Å². The van der Waals surface area contributed by atoms with Gasteiger partial charge in [-0.1, -0.05) is 0 Å². The fourth-order valence-electron chi connectivity index (χ4n) is 1.90. The minimum Gasteiger partial charge on any atom is -0.444 e. The van der Waals surface area contributed by atoms with Crippen LogP contribution in [-0.4, -0.2) is 21.7 Å². The van der Waals surface area contributed by atoms with Gasteiger partial charge in [0.25, 0.3) is 0 Å². The van der Waals surface area contributed by atoms with E-state index in [0.717, 1.165) is 11.4 Å². The molecular weight excluding hydrogens is 299 g/mol. The molecule has 124 valence electrons. The number of carbonyl (C=O) groups is 1. The Morgan fingerprint density at radius 2 is 2.13 bits per heavy atom.